The molecular formula is C23H27N3. The van der Waals surface area contributed by atoms with Gasteiger partial charge in [0.05, 0.1) is 0 Å². The molecule has 0 spiro atoms. The minimum absolute atomic E-state index is 0.599. The number of aromatic nitrogens is 2. The van der Waals surface area contributed by atoms with Gasteiger partial charge in [-0.1, -0.05) is 17.7 Å². The van der Waals surface area contributed by atoms with Crippen LogP contribution in [0.4, 0.5) is 0 Å². The van der Waals surface area contributed by atoms with E-state index < -0.39 is 0 Å². The summed E-state index contributed by atoms with van der Waals surface area (Å²) < 4.78 is 2.62. The number of pyridine rings is 1. The molecule has 2 aliphatic heterocycles. The van der Waals surface area contributed by atoms with Crippen LogP contribution in [-0.4, -0.2) is 27.5 Å². The molecule has 2 unspecified atom stereocenters. The Kier molecular flexibility index (Phi) is 3.86. The first-order valence-electron chi connectivity index (χ1n) is 9.95. The number of hydrogen-bond donors (Lipinski definition) is 0. The Morgan fingerprint density at radius 2 is 2.12 bits per heavy atom. The normalized spacial score (nSPS) is 22.5. The fraction of sp³-hybridized carbons (Fsp3) is 0.435. The molecule has 3 aromatic rings. The summed E-state index contributed by atoms with van der Waals surface area (Å²) in [6, 6.07) is 12.6. The maximum atomic E-state index is 4.29. The van der Waals surface area contributed by atoms with Crippen LogP contribution >= 0.6 is 0 Å². The van der Waals surface area contributed by atoms with Crippen molar-refractivity contribution in [2.24, 2.45) is 0 Å². The van der Waals surface area contributed by atoms with Crippen molar-refractivity contribution in [3.63, 3.8) is 0 Å². The van der Waals surface area contributed by atoms with Crippen molar-refractivity contribution >= 4 is 10.9 Å². The van der Waals surface area contributed by atoms with E-state index in [1.807, 2.05) is 18.5 Å². The summed E-state index contributed by atoms with van der Waals surface area (Å²) >= 11 is 0. The molecule has 2 aromatic heterocycles. The maximum absolute atomic E-state index is 4.29. The molecule has 0 amide bonds. The highest BCUT2D eigenvalue weighted by Crippen LogP contribution is 2.45. The van der Waals surface area contributed by atoms with Crippen molar-refractivity contribution in [2.75, 3.05) is 7.05 Å². The van der Waals surface area contributed by atoms with Crippen molar-refractivity contribution in [3.8, 4) is 0 Å². The number of fused-ring (bicyclic) bond motifs is 6. The number of nitrogens with zero attached hydrogens (tertiary/aromatic N) is 3. The predicted molar refractivity (Wildman–Crippen MR) is 106 cm³/mol. The van der Waals surface area contributed by atoms with E-state index in [4.69, 9.17) is 0 Å². The molecule has 134 valence electrons. The third-order valence-electron chi connectivity index (χ3n) is 6.56. The van der Waals surface area contributed by atoms with Gasteiger partial charge in [-0.3, -0.25) is 9.88 Å². The fourth-order valence-corrected chi connectivity index (χ4v) is 5.21. The highest BCUT2D eigenvalue weighted by Gasteiger charge is 2.38. The van der Waals surface area contributed by atoms with Crippen LogP contribution in [0.3, 0.4) is 0 Å². The van der Waals surface area contributed by atoms with E-state index in [-0.39, 0.29) is 0 Å². The standard InChI is InChI=1S/C23H27N3/c1-16-8-9-20-19(13-16)23-21-7-3-6-18(25(21)2)14-22(23)26(20)12-10-17-5-4-11-24-15-17/h4-5,8-9,11,13,15,18,21H,3,6-7,10,12,14H2,1-2H3. The lowest BCUT2D eigenvalue weighted by Gasteiger charge is -2.44. The summed E-state index contributed by atoms with van der Waals surface area (Å²) in [5.74, 6) is 0. The van der Waals surface area contributed by atoms with E-state index in [2.05, 4.69) is 52.7 Å². The van der Waals surface area contributed by atoms with Gasteiger partial charge in [0.1, 0.15) is 0 Å². The van der Waals surface area contributed by atoms with Crippen LogP contribution < -0.4 is 0 Å². The fourth-order valence-electron chi connectivity index (χ4n) is 5.21. The molecule has 2 aliphatic rings. The molecule has 5 rings (SSSR count). The van der Waals surface area contributed by atoms with E-state index in [9.17, 15) is 0 Å². The van der Waals surface area contributed by atoms with Crippen molar-refractivity contribution in [1.82, 2.24) is 14.5 Å². The Hall–Kier alpha value is -2.13. The average Bonchev–Trinajstić information content (AvgIpc) is 2.93. The lowest BCUT2D eigenvalue weighted by molar-refractivity contribution is 0.0988. The molecule has 2 bridgehead atoms. The second-order valence-corrected chi connectivity index (χ2v) is 8.11. The van der Waals surface area contributed by atoms with Crippen molar-refractivity contribution in [1.29, 1.82) is 0 Å². The molecule has 0 N–H and O–H groups in total. The summed E-state index contributed by atoms with van der Waals surface area (Å²) in [6.07, 6.45) is 10.1. The van der Waals surface area contributed by atoms with Crippen LogP contribution in [0.5, 0.6) is 0 Å². The van der Waals surface area contributed by atoms with Crippen molar-refractivity contribution < 1.29 is 0 Å². The van der Waals surface area contributed by atoms with Gasteiger partial charge in [0.15, 0.2) is 0 Å². The van der Waals surface area contributed by atoms with Gasteiger partial charge in [-0.15, -0.1) is 0 Å². The third-order valence-corrected chi connectivity index (χ3v) is 6.56. The minimum atomic E-state index is 0.599. The van der Waals surface area contributed by atoms with Crippen LogP contribution in [0.15, 0.2) is 42.7 Å². The lowest BCUT2D eigenvalue weighted by atomic mass is 9.82. The van der Waals surface area contributed by atoms with Gasteiger partial charge in [0.2, 0.25) is 0 Å². The molecule has 0 aliphatic carbocycles. The Morgan fingerprint density at radius 1 is 1.19 bits per heavy atom. The van der Waals surface area contributed by atoms with E-state index >= 15 is 0 Å². The number of piperidine rings is 1. The van der Waals surface area contributed by atoms with Gasteiger partial charge < -0.3 is 4.57 Å². The first kappa shape index (κ1) is 16.1. The SMILES string of the molecule is Cc1ccc2c(c1)c1c(n2CCc2cccnc2)CC2CCCC1N2C. The van der Waals surface area contributed by atoms with Gasteiger partial charge in [0, 0.05) is 54.0 Å². The quantitative estimate of drug-likeness (QED) is 0.688. The molecule has 1 saturated heterocycles. The van der Waals surface area contributed by atoms with Gasteiger partial charge in [-0.2, -0.15) is 0 Å². The van der Waals surface area contributed by atoms with Crippen LogP contribution in [0.1, 0.15) is 47.7 Å². The van der Waals surface area contributed by atoms with Crippen LogP contribution in [0, 0.1) is 6.92 Å². The summed E-state index contributed by atoms with van der Waals surface area (Å²) in [4.78, 5) is 6.94. The number of rotatable bonds is 3. The summed E-state index contributed by atoms with van der Waals surface area (Å²) in [7, 11) is 2.34. The zero-order chi connectivity index (χ0) is 17.7. The number of hydrogen-bond acceptors (Lipinski definition) is 2. The van der Waals surface area contributed by atoms with E-state index in [1.54, 1.807) is 11.3 Å². The molecule has 3 heteroatoms. The van der Waals surface area contributed by atoms with Crippen molar-refractivity contribution in [2.45, 2.75) is 57.7 Å². The first-order chi connectivity index (χ1) is 12.7. The first-order valence-corrected chi connectivity index (χ1v) is 9.95. The van der Waals surface area contributed by atoms with Gasteiger partial charge in [-0.05, 0) is 69.0 Å². The average molecular weight is 345 g/mol. The molecule has 3 nitrogen and oxygen atoms in total. The molecular weight excluding hydrogens is 318 g/mol. The summed E-state index contributed by atoms with van der Waals surface area (Å²) in [6.45, 7) is 3.26. The second-order valence-electron chi connectivity index (χ2n) is 8.11. The monoisotopic (exact) mass is 345 g/mol. The predicted octanol–water partition coefficient (Wildman–Crippen LogP) is 4.67. The highest BCUT2D eigenvalue weighted by atomic mass is 15.2. The molecule has 2 atom stereocenters. The third kappa shape index (κ3) is 2.49. The van der Waals surface area contributed by atoms with E-state index in [0.29, 0.717) is 12.1 Å². The Morgan fingerprint density at radius 3 is 2.96 bits per heavy atom. The number of aryl methyl sites for hydroxylation is 3. The molecule has 4 heterocycles. The summed E-state index contributed by atoms with van der Waals surface area (Å²) in [5, 5.41) is 1.49. The van der Waals surface area contributed by atoms with Gasteiger partial charge in [0.25, 0.3) is 0 Å². The maximum Gasteiger partial charge on any atom is 0.0486 e. The van der Waals surface area contributed by atoms with Gasteiger partial charge >= 0.3 is 0 Å². The zero-order valence-electron chi connectivity index (χ0n) is 15.8. The highest BCUT2D eigenvalue weighted by molar-refractivity contribution is 5.87. The smallest absolute Gasteiger partial charge is 0.0486 e. The molecule has 0 saturated carbocycles. The second kappa shape index (κ2) is 6.24. The Labute approximate surface area is 155 Å². The van der Waals surface area contributed by atoms with E-state index in [1.165, 1.54) is 47.7 Å². The molecule has 26 heavy (non-hydrogen) atoms. The largest absolute Gasteiger partial charge is 0.344 e. The molecule has 1 aromatic carbocycles. The van der Waals surface area contributed by atoms with Gasteiger partial charge in [-0.25, -0.2) is 0 Å². The van der Waals surface area contributed by atoms with Crippen molar-refractivity contribution in [3.05, 3.63) is 65.1 Å². The lowest BCUT2D eigenvalue weighted by Crippen LogP contribution is -2.44. The van der Waals surface area contributed by atoms with E-state index in [0.717, 1.165) is 13.0 Å². The van der Waals surface area contributed by atoms with Crippen LogP contribution in [-0.2, 0) is 19.4 Å². The number of likely N-dealkylation sites (N-methyl/N-ethyl adjacent to an activating group) is 1. The summed E-state index contributed by atoms with van der Waals surface area (Å²) in [5.41, 5.74) is 7.33. The topological polar surface area (TPSA) is 21.1 Å². The Balaban J connectivity index is 1.63. The molecule has 1 fully saturated rings. The van der Waals surface area contributed by atoms with Crippen LogP contribution in [0.25, 0.3) is 10.9 Å². The number of benzene rings is 1. The Bertz CT molecular complexity index is 941. The molecule has 0 radical (unpaired) electrons. The zero-order valence-corrected chi connectivity index (χ0v) is 15.8. The van der Waals surface area contributed by atoms with Crippen LogP contribution in [0.2, 0.25) is 0 Å². The minimum Gasteiger partial charge on any atom is -0.344 e.